The SMILES string of the molecule is CN(C(=O)c1ccc(NC(=O)OCC2c3ccccc3-c3ccccc32)cc1F)C(C)(C)C(=O)O. The second-order valence-corrected chi connectivity index (χ2v) is 8.87. The number of aliphatic carboxylic acids is 1. The molecule has 35 heavy (non-hydrogen) atoms. The predicted molar refractivity (Wildman–Crippen MR) is 129 cm³/mol. The lowest BCUT2D eigenvalue weighted by atomic mass is 9.98. The lowest BCUT2D eigenvalue weighted by molar-refractivity contribution is -0.147. The standard InChI is InChI=1S/C27H25FN2O5/c1-27(2,25(32)33)30(3)24(31)21-13-12-16(14-23(21)28)29-26(34)35-15-22-19-10-6-4-8-17(19)18-9-5-7-11-20(18)22/h4-14,22H,15H2,1-3H3,(H,29,34)(H,32,33). The van der Waals surface area contributed by atoms with E-state index in [1.807, 2.05) is 48.5 Å². The number of nitrogens with one attached hydrogen (secondary N) is 1. The normalized spacial score (nSPS) is 12.5. The molecule has 0 saturated heterocycles. The Balaban J connectivity index is 1.43. The fourth-order valence-electron chi connectivity index (χ4n) is 4.10. The summed E-state index contributed by atoms with van der Waals surface area (Å²) in [5, 5.41) is 11.8. The Morgan fingerprint density at radius 1 is 1.00 bits per heavy atom. The third-order valence-electron chi connectivity index (χ3n) is 6.46. The van der Waals surface area contributed by atoms with Crippen LogP contribution in [0.15, 0.2) is 66.7 Å². The first-order valence-corrected chi connectivity index (χ1v) is 11.0. The molecule has 0 saturated carbocycles. The zero-order chi connectivity index (χ0) is 25.3. The predicted octanol–water partition coefficient (Wildman–Crippen LogP) is 5.12. The van der Waals surface area contributed by atoms with Gasteiger partial charge in [-0.2, -0.15) is 0 Å². The molecule has 0 fully saturated rings. The molecule has 0 heterocycles. The maximum absolute atomic E-state index is 14.7. The van der Waals surface area contributed by atoms with Crippen LogP contribution in [-0.2, 0) is 9.53 Å². The van der Waals surface area contributed by atoms with Crippen molar-refractivity contribution in [3.8, 4) is 11.1 Å². The molecule has 0 bridgehead atoms. The second-order valence-electron chi connectivity index (χ2n) is 8.87. The third kappa shape index (κ3) is 4.47. The van der Waals surface area contributed by atoms with Crippen LogP contribution in [-0.4, -0.2) is 47.2 Å². The molecule has 1 aliphatic rings. The first-order chi connectivity index (χ1) is 16.6. The van der Waals surface area contributed by atoms with Gasteiger partial charge < -0.3 is 14.7 Å². The van der Waals surface area contributed by atoms with Gasteiger partial charge in [-0.05, 0) is 54.3 Å². The Labute approximate surface area is 202 Å². The number of anilines is 1. The van der Waals surface area contributed by atoms with Crippen molar-refractivity contribution in [1.29, 1.82) is 0 Å². The Hall–Kier alpha value is -4.20. The summed E-state index contributed by atoms with van der Waals surface area (Å²) in [7, 11) is 1.29. The highest BCUT2D eigenvalue weighted by Gasteiger charge is 2.36. The molecule has 0 spiro atoms. The summed E-state index contributed by atoms with van der Waals surface area (Å²) >= 11 is 0. The molecule has 4 rings (SSSR count). The van der Waals surface area contributed by atoms with Crippen LogP contribution in [0.4, 0.5) is 14.9 Å². The van der Waals surface area contributed by atoms with Gasteiger partial charge in [0, 0.05) is 18.7 Å². The summed E-state index contributed by atoms with van der Waals surface area (Å²) in [6.45, 7) is 2.80. The van der Waals surface area contributed by atoms with E-state index in [0.29, 0.717) is 0 Å². The minimum Gasteiger partial charge on any atom is -0.480 e. The Morgan fingerprint density at radius 3 is 2.11 bits per heavy atom. The molecule has 0 aliphatic heterocycles. The van der Waals surface area contributed by atoms with Gasteiger partial charge in [-0.15, -0.1) is 0 Å². The number of carboxylic acids is 1. The Bertz CT molecular complexity index is 1270. The van der Waals surface area contributed by atoms with Crippen LogP contribution in [0.5, 0.6) is 0 Å². The van der Waals surface area contributed by atoms with Crippen molar-refractivity contribution in [3.63, 3.8) is 0 Å². The number of nitrogens with zero attached hydrogens (tertiary/aromatic N) is 1. The molecule has 8 heteroatoms. The summed E-state index contributed by atoms with van der Waals surface area (Å²) in [4.78, 5) is 37.4. The lowest BCUT2D eigenvalue weighted by Crippen LogP contribution is -2.50. The minimum absolute atomic E-state index is 0.105. The van der Waals surface area contributed by atoms with E-state index in [0.717, 1.165) is 33.2 Å². The van der Waals surface area contributed by atoms with Gasteiger partial charge in [0.15, 0.2) is 0 Å². The fraction of sp³-hybridized carbons (Fsp3) is 0.222. The molecule has 2 N–H and O–H groups in total. The number of halogens is 1. The number of likely N-dealkylation sites (N-methyl/N-ethyl adjacent to an activating group) is 1. The van der Waals surface area contributed by atoms with E-state index in [2.05, 4.69) is 5.32 Å². The number of carbonyl (C=O) groups is 3. The average molecular weight is 477 g/mol. The molecule has 0 atom stereocenters. The maximum Gasteiger partial charge on any atom is 0.411 e. The molecule has 3 aromatic carbocycles. The fourth-order valence-corrected chi connectivity index (χ4v) is 4.10. The number of ether oxygens (including phenoxy) is 1. The number of benzene rings is 3. The number of carboxylic acid groups (broad SMARTS) is 1. The zero-order valence-electron chi connectivity index (χ0n) is 19.5. The van der Waals surface area contributed by atoms with E-state index in [1.54, 1.807) is 0 Å². The van der Waals surface area contributed by atoms with Crippen molar-refractivity contribution in [2.24, 2.45) is 0 Å². The van der Waals surface area contributed by atoms with Crippen LogP contribution in [0.1, 0.15) is 41.3 Å². The van der Waals surface area contributed by atoms with Gasteiger partial charge in [0.1, 0.15) is 18.0 Å². The van der Waals surface area contributed by atoms with E-state index in [1.165, 1.54) is 33.0 Å². The number of hydrogen-bond donors (Lipinski definition) is 2. The Morgan fingerprint density at radius 2 is 1.57 bits per heavy atom. The number of amides is 2. The molecule has 180 valence electrons. The van der Waals surface area contributed by atoms with Gasteiger partial charge in [0.05, 0.1) is 5.56 Å². The smallest absolute Gasteiger partial charge is 0.411 e. The second kappa shape index (κ2) is 9.21. The van der Waals surface area contributed by atoms with Gasteiger partial charge in [-0.3, -0.25) is 10.1 Å². The molecular weight excluding hydrogens is 451 g/mol. The van der Waals surface area contributed by atoms with Crippen LogP contribution in [0, 0.1) is 5.82 Å². The largest absolute Gasteiger partial charge is 0.480 e. The van der Waals surface area contributed by atoms with Crippen molar-refractivity contribution >= 4 is 23.7 Å². The zero-order valence-corrected chi connectivity index (χ0v) is 19.5. The van der Waals surface area contributed by atoms with E-state index in [-0.39, 0.29) is 23.8 Å². The highest BCUT2D eigenvalue weighted by molar-refractivity contribution is 5.98. The van der Waals surface area contributed by atoms with Gasteiger partial charge in [-0.1, -0.05) is 48.5 Å². The summed E-state index contributed by atoms with van der Waals surface area (Å²) in [5.41, 5.74) is 2.64. The van der Waals surface area contributed by atoms with Crippen LogP contribution in [0.25, 0.3) is 11.1 Å². The van der Waals surface area contributed by atoms with Gasteiger partial charge in [0.2, 0.25) is 0 Å². The first kappa shape index (κ1) is 23.9. The molecule has 0 radical (unpaired) electrons. The van der Waals surface area contributed by atoms with Gasteiger partial charge in [-0.25, -0.2) is 14.0 Å². The Kier molecular flexibility index (Phi) is 6.30. The summed E-state index contributed by atoms with van der Waals surface area (Å²) < 4.78 is 20.1. The molecule has 3 aromatic rings. The third-order valence-corrected chi connectivity index (χ3v) is 6.46. The molecule has 0 aromatic heterocycles. The number of carbonyl (C=O) groups excluding carboxylic acids is 2. The van der Waals surface area contributed by atoms with Crippen LogP contribution in [0.3, 0.4) is 0 Å². The van der Waals surface area contributed by atoms with Crippen molar-refractivity contribution in [1.82, 2.24) is 4.90 Å². The van der Waals surface area contributed by atoms with Crippen LogP contribution >= 0.6 is 0 Å². The summed E-state index contributed by atoms with van der Waals surface area (Å²) in [5.74, 6) is -3.01. The van der Waals surface area contributed by atoms with E-state index < -0.39 is 29.3 Å². The number of fused-ring (bicyclic) bond motifs is 3. The van der Waals surface area contributed by atoms with Gasteiger partial charge >= 0.3 is 12.1 Å². The van der Waals surface area contributed by atoms with Crippen molar-refractivity contribution in [3.05, 3.63) is 89.2 Å². The van der Waals surface area contributed by atoms with E-state index in [9.17, 15) is 23.9 Å². The number of hydrogen-bond acceptors (Lipinski definition) is 4. The summed E-state index contributed by atoms with van der Waals surface area (Å²) in [6, 6.07) is 19.5. The molecule has 0 unspecified atom stereocenters. The topological polar surface area (TPSA) is 95.9 Å². The highest BCUT2D eigenvalue weighted by Crippen LogP contribution is 2.44. The van der Waals surface area contributed by atoms with Gasteiger partial charge in [0.25, 0.3) is 5.91 Å². The quantitative estimate of drug-likeness (QED) is 0.515. The summed E-state index contributed by atoms with van der Waals surface area (Å²) in [6.07, 6.45) is -0.755. The maximum atomic E-state index is 14.7. The highest BCUT2D eigenvalue weighted by atomic mass is 19.1. The molecule has 2 amide bonds. The minimum atomic E-state index is -1.53. The van der Waals surface area contributed by atoms with E-state index >= 15 is 0 Å². The van der Waals surface area contributed by atoms with E-state index in [4.69, 9.17) is 4.74 Å². The van der Waals surface area contributed by atoms with Crippen LogP contribution < -0.4 is 5.32 Å². The van der Waals surface area contributed by atoms with Crippen LogP contribution in [0.2, 0.25) is 0 Å². The van der Waals surface area contributed by atoms with Crippen molar-refractivity contribution in [2.45, 2.75) is 25.3 Å². The first-order valence-electron chi connectivity index (χ1n) is 11.0. The monoisotopic (exact) mass is 476 g/mol. The molecular formula is C27H25FN2O5. The average Bonchev–Trinajstić information content (AvgIpc) is 3.15. The lowest BCUT2D eigenvalue weighted by Gasteiger charge is -2.31. The molecule has 7 nitrogen and oxygen atoms in total. The molecule has 1 aliphatic carbocycles. The number of rotatable bonds is 6. The van der Waals surface area contributed by atoms with Crippen molar-refractivity contribution in [2.75, 3.05) is 19.0 Å². The van der Waals surface area contributed by atoms with Crippen molar-refractivity contribution < 1.29 is 28.6 Å².